The summed E-state index contributed by atoms with van der Waals surface area (Å²) < 4.78 is 0. The van der Waals surface area contributed by atoms with E-state index in [9.17, 15) is 4.79 Å². The van der Waals surface area contributed by atoms with Crippen LogP contribution in [0.25, 0.3) is 0 Å². The molecule has 6 nitrogen and oxygen atoms in total. The summed E-state index contributed by atoms with van der Waals surface area (Å²) in [6.07, 6.45) is 3.89. The molecule has 3 N–H and O–H groups in total. The van der Waals surface area contributed by atoms with Gasteiger partial charge in [-0.15, -0.1) is 11.3 Å². The van der Waals surface area contributed by atoms with Gasteiger partial charge in [-0.05, 0) is 31.0 Å². The van der Waals surface area contributed by atoms with Crippen LogP contribution in [0.2, 0.25) is 0 Å². The summed E-state index contributed by atoms with van der Waals surface area (Å²) in [5, 5.41) is 10.7. The Bertz CT molecular complexity index is 767. The van der Waals surface area contributed by atoms with Crippen LogP contribution >= 0.6 is 11.3 Å². The third-order valence-electron chi connectivity index (χ3n) is 4.09. The number of guanidine groups is 1. The highest BCUT2D eigenvalue weighted by Gasteiger charge is 2.07. The Balaban J connectivity index is 1.86. The van der Waals surface area contributed by atoms with Gasteiger partial charge in [-0.25, -0.2) is 9.98 Å². The molecule has 0 aliphatic carbocycles. The van der Waals surface area contributed by atoms with Crippen molar-refractivity contribution in [3.05, 3.63) is 45.9 Å². The molecule has 0 unspecified atom stereocenters. The van der Waals surface area contributed by atoms with Crippen LogP contribution in [0.4, 0.5) is 5.69 Å². The van der Waals surface area contributed by atoms with Gasteiger partial charge in [0.05, 0.1) is 11.6 Å². The number of aromatic nitrogens is 1. The second-order valence-corrected chi connectivity index (χ2v) is 7.99. The third-order valence-corrected chi connectivity index (χ3v) is 5.29. The van der Waals surface area contributed by atoms with E-state index in [2.05, 4.69) is 39.8 Å². The topological polar surface area (TPSA) is 78.4 Å². The highest BCUT2D eigenvalue weighted by Crippen LogP contribution is 2.13. The lowest BCUT2D eigenvalue weighted by Crippen LogP contribution is -2.38. The number of nitrogens with zero attached hydrogens (tertiary/aromatic N) is 2. The summed E-state index contributed by atoms with van der Waals surface area (Å²) in [6.45, 7) is 10.1. The quantitative estimate of drug-likeness (QED) is 0.443. The van der Waals surface area contributed by atoms with E-state index in [4.69, 9.17) is 0 Å². The Labute approximate surface area is 171 Å². The first kappa shape index (κ1) is 21.9. The number of aliphatic imine (C=N–C) groups is 1. The molecule has 0 saturated carbocycles. The molecule has 7 heteroatoms. The lowest BCUT2D eigenvalue weighted by atomic mass is 10.2. The van der Waals surface area contributed by atoms with Gasteiger partial charge in [0.25, 0.3) is 0 Å². The summed E-state index contributed by atoms with van der Waals surface area (Å²) in [4.78, 5) is 22.2. The van der Waals surface area contributed by atoms with Crippen LogP contribution in [0.15, 0.2) is 35.5 Å². The van der Waals surface area contributed by atoms with Gasteiger partial charge in [0.2, 0.25) is 5.91 Å². The molecule has 0 aliphatic heterocycles. The van der Waals surface area contributed by atoms with Crippen LogP contribution in [0.1, 0.15) is 43.1 Å². The molecule has 0 fully saturated rings. The number of benzene rings is 1. The largest absolute Gasteiger partial charge is 0.357 e. The zero-order valence-corrected chi connectivity index (χ0v) is 18.0. The molecule has 0 atom stereocenters. The van der Waals surface area contributed by atoms with E-state index in [-0.39, 0.29) is 11.8 Å². The lowest BCUT2D eigenvalue weighted by molar-refractivity contribution is -0.118. The van der Waals surface area contributed by atoms with Crippen LogP contribution in [-0.4, -0.2) is 29.9 Å². The molecule has 0 radical (unpaired) electrons. The molecule has 0 bridgehead atoms. The fourth-order valence-corrected chi connectivity index (χ4v) is 3.27. The van der Waals surface area contributed by atoms with Crippen LogP contribution < -0.4 is 16.0 Å². The molecule has 0 aliphatic rings. The van der Waals surface area contributed by atoms with E-state index in [0.717, 1.165) is 48.1 Å². The third kappa shape index (κ3) is 7.31. The summed E-state index contributed by atoms with van der Waals surface area (Å²) >= 11 is 1.77. The number of anilines is 1. The highest BCUT2D eigenvalue weighted by atomic mass is 32.1. The highest BCUT2D eigenvalue weighted by molar-refractivity contribution is 7.11. The number of rotatable bonds is 9. The summed E-state index contributed by atoms with van der Waals surface area (Å²) in [5.41, 5.74) is 1.90. The van der Waals surface area contributed by atoms with Crippen LogP contribution in [0, 0.1) is 5.92 Å². The Morgan fingerprint density at radius 2 is 1.93 bits per heavy atom. The molecule has 1 aromatic heterocycles. The molecule has 0 spiro atoms. The fraction of sp³-hybridized carbons (Fsp3) is 0.476. The van der Waals surface area contributed by atoms with Crippen molar-refractivity contribution in [2.75, 3.05) is 18.4 Å². The van der Waals surface area contributed by atoms with E-state index in [1.807, 2.05) is 44.3 Å². The van der Waals surface area contributed by atoms with Gasteiger partial charge < -0.3 is 16.0 Å². The SMILES string of the molecule is CCNC(=NCc1ccc(NC(=O)C(C)C)cc1)NCCc1ncc(CC)s1. The van der Waals surface area contributed by atoms with E-state index in [1.54, 1.807) is 11.3 Å². The second kappa shape index (κ2) is 11.4. The number of carbonyl (C=O) groups excluding carboxylic acids is 1. The van der Waals surface area contributed by atoms with E-state index in [0.29, 0.717) is 6.54 Å². The molecule has 0 saturated heterocycles. The van der Waals surface area contributed by atoms with Crippen molar-refractivity contribution >= 4 is 28.9 Å². The first-order valence-electron chi connectivity index (χ1n) is 9.87. The Hall–Kier alpha value is -2.41. The number of amides is 1. The van der Waals surface area contributed by atoms with Crippen molar-refractivity contribution in [3.63, 3.8) is 0 Å². The minimum Gasteiger partial charge on any atom is -0.357 e. The number of hydrogen-bond donors (Lipinski definition) is 3. The van der Waals surface area contributed by atoms with Gasteiger partial charge in [0.15, 0.2) is 5.96 Å². The smallest absolute Gasteiger partial charge is 0.226 e. The van der Waals surface area contributed by atoms with Crippen LogP contribution in [0.5, 0.6) is 0 Å². The first-order valence-corrected chi connectivity index (χ1v) is 10.7. The standard InChI is InChI=1S/C21H31N5OS/c1-5-18-14-24-19(28-18)11-12-23-21(22-6-2)25-13-16-7-9-17(10-8-16)26-20(27)15(3)4/h7-10,14-15H,5-6,11-13H2,1-4H3,(H,26,27)(H2,22,23,25). The zero-order chi connectivity index (χ0) is 20.4. The van der Waals surface area contributed by atoms with Crippen molar-refractivity contribution in [2.45, 2.75) is 47.1 Å². The molecular formula is C21H31N5OS. The lowest BCUT2D eigenvalue weighted by Gasteiger charge is -2.11. The fourth-order valence-electron chi connectivity index (χ4n) is 2.41. The maximum atomic E-state index is 11.8. The normalized spacial score (nSPS) is 11.5. The number of thiazole rings is 1. The molecule has 152 valence electrons. The molecule has 28 heavy (non-hydrogen) atoms. The first-order chi connectivity index (χ1) is 13.5. The number of hydrogen-bond acceptors (Lipinski definition) is 4. The van der Waals surface area contributed by atoms with E-state index < -0.39 is 0 Å². The van der Waals surface area contributed by atoms with Gasteiger partial charge in [0, 0.05) is 42.2 Å². The predicted molar refractivity (Wildman–Crippen MR) is 118 cm³/mol. The second-order valence-electron chi connectivity index (χ2n) is 6.79. The molecule has 1 heterocycles. The van der Waals surface area contributed by atoms with Crippen molar-refractivity contribution < 1.29 is 4.79 Å². The minimum absolute atomic E-state index is 0.0238. The molecule has 2 rings (SSSR count). The number of carbonyl (C=O) groups is 1. The Kier molecular flexibility index (Phi) is 8.94. The maximum Gasteiger partial charge on any atom is 0.226 e. The summed E-state index contributed by atoms with van der Waals surface area (Å²) in [6, 6.07) is 7.81. The van der Waals surface area contributed by atoms with Gasteiger partial charge in [-0.3, -0.25) is 4.79 Å². The van der Waals surface area contributed by atoms with Gasteiger partial charge in [0.1, 0.15) is 0 Å². The predicted octanol–water partition coefficient (Wildman–Crippen LogP) is 3.60. The van der Waals surface area contributed by atoms with Crippen LogP contribution in [0.3, 0.4) is 0 Å². The summed E-state index contributed by atoms with van der Waals surface area (Å²) in [7, 11) is 0. The molecule has 2 aromatic rings. The minimum atomic E-state index is -0.0315. The van der Waals surface area contributed by atoms with Gasteiger partial charge >= 0.3 is 0 Å². The summed E-state index contributed by atoms with van der Waals surface area (Å²) in [5.74, 6) is 0.790. The number of nitrogens with one attached hydrogen (secondary N) is 3. The number of aryl methyl sites for hydroxylation is 1. The Morgan fingerprint density at radius 3 is 2.54 bits per heavy atom. The van der Waals surface area contributed by atoms with Crippen molar-refractivity contribution in [2.24, 2.45) is 10.9 Å². The van der Waals surface area contributed by atoms with Crippen molar-refractivity contribution in [1.29, 1.82) is 0 Å². The zero-order valence-electron chi connectivity index (χ0n) is 17.2. The average Bonchev–Trinajstić information content (AvgIpc) is 3.15. The van der Waals surface area contributed by atoms with Crippen molar-refractivity contribution in [3.8, 4) is 0 Å². The Morgan fingerprint density at radius 1 is 1.18 bits per heavy atom. The van der Waals surface area contributed by atoms with E-state index in [1.165, 1.54) is 4.88 Å². The molecular weight excluding hydrogens is 370 g/mol. The van der Waals surface area contributed by atoms with Crippen LogP contribution in [-0.2, 0) is 24.2 Å². The molecule has 1 amide bonds. The molecule has 1 aromatic carbocycles. The van der Waals surface area contributed by atoms with E-state index >= 15 is 0 Å². The van der Waals surface area contributed by atoms with Gasteiger partial charge in [-0.1, -0.05) is 32.9 Å². The van der Waals surface area contributed by atoms with Crippen molar-refractivity contribution in [1.82, 2.24) is 15.6 Å². The average molecular weight is 402 g/mol. The maximum absolute atomic E-state index is 11.8. The van der Waals surface area contributed by atoms with Gasteiger partial charge in [-0.2, -0.15) is 0 Å². The monoisotopic (exact) mass is 401 g/mol.